The Labute approximate surface area is 260 Å². The first-order chi connectivity index (χ1) is 21.7. The highest BCUT2D eigenvalue weighted by molar-refractivity contribution is 6.02. The molecular formula is C35H37F2N5O3. The van der Waals surface area contributed by atoms with Gasteiger partial charge in [-0.3, -0.25) is 19.1 Å². The third kappa shape index (κ3) is 5.14. The van der Waals surface area contributed by atoms with E-state index in [1.54, 1.807) is 20.4 Å². The Balaban J connectivity index is 1.16. The van der Waals surface area contributed by atoms with E-state index < -0.39 is 5.92 Å². The maximum atomic E-state index is 13.6. The summed E-state index contributed by atoms with van der Waals surface area (Å²) in [4.78, 5) is 25.2. The van der Waals surface area contributed by atoms with Crippen LogP contribution in [0.15, 0.2) is 54.9 Å². The quantitative estimate of drug-likeness (QED) is 0.183. The molecule has 1 aliphatic carbocycles. The Kier molecular flexibility index (Phi) is 7.35. The molecule has 4 heterocycles. The molecule has 0 N–H and O–H groups in total. The van der Waals surface area contributed by atoms with Gasteiger partial charge in [-0.2, -0.15) is 0 Å². The van der Waals surface area contributed by atoms with Gasteiger partial charge in [-0.15, -0.1) is 0 Å². The molecule has 0 atom stereocenters. The van der Waals surface area contributed by atoms with Gasteiger partial charge in [0, 0.05) is 54.3 Å². The number of aromatic nitrogens is 4. The number of ketones is 1. The van der Waals surface area contributed by atoms with Crippen LogP contribution in [-0.4, -0.2) is 68.9 Å². The van der Waals surface area contributed by atoms with Crippen LogP contribution in [0.3, 0.4) is 0 Å². The number of aryl methyl sites for hydroxylation is 2. The molecule has 0 amide bonds. The van der Waals surface area contributed by atoms with Gasteiger partial charge in [-0.05, 0) is 56.9 Å². The number of hydrogen-bond donors (Lipinski definition) is 0. The van der Waals surface area contributed by atoms with Crippen LogP contribution in [0.5, 0.6) is 11.5 Å². The number of ether oxygens (including phenoxy) is 2. The van der Waals surface area contributed by atoms with Gasteiger partial charge < -0.3 is 14.0 Å². The molecule has 2 aliphatic rings. The minimum atomic E-state index is -2.54. The van der Waals surface area contributed by atoms with Gasteiger partial charge in [0.25, 0.3) is 5.92 Å². The van der Waals surface area contributed by atoms with Gasteiger partial charge in [0.15, 0.2) is 5.78 Å². The molecule has 3 aromatic heterocycles. The van der Waals surface area contributed by atoms with Crippen molar-refractivity contribution in [2.75, 3.05) is 27.3 Å². The Morgan fingerprint density at radius 3 is 2.49 bits per heavy atom. The summed E-state index contributed by atoms with van der Waals surface area (Å²) in [5.74, 6) is -0.00718. The standard InChI is InChI=1S/C35H37F2N5O3/c1-21-33-32(39-34(42(33)15-14-38-21)22-10-12-25(13-11-22)41-19-35(36,37)20-41)24-9-8-23(31(17-24)45-4)16-29(43)28-18-26-27(40(28)2)6-5-7-30(26)44-3/h5-9,14-15,17-18,22,25H,10-13,16,19-20H2,1-4H3. The summed E-state index contributed by atoms with van der Waals surface area (Å²) in [6, 6.07) is 13.8. The molecule has 0 unspecified atom stereocenters. The third-order valence-corrected chi connectivity index (χ3v) is 9.68. The number of carbonyl (C=O) groups excluding carboxylic acids is 1. The monoisotopic (exact) mass is 613 g/mol. The van der Waals surface area contributed by atoms with E-state index in [1.165, 1.54) is 0 Å². The van der Waals surface area contributed by atoms with Crippen molar-refractivity contribution in [2.45, 2.75) is 56.9 Å². The molecule has 8 nitrogen and oxygen atoms in total. The van der Waals surface area contributed by atoms with Crippen molar-refractivity contribution in [3.63, 3.8) is 0 Å². The zero-order valence-electron chi connectivity index (χ0n) is 26.0. The van der Waals surface area contributed by atoms with Crippen molar-refractivity contribution < 1.29 is 23.0 Å². The number of nitrogens with zero attached hydrogens (tertiary/aromatic N) is 5. The molecule has 10 heteroatoms. The van der Waals surface area contributed by atoms with Crippen LogP contribution >= 0.6 is 0 Å². The molecule has 2 aromatic carbocycles. The molecule has 7 rings (SSSR count). The summed E-state index contributed by atoms with van der Waals surface area (Å²) in [7, 11) is 5.14. The number of alkyl halides is 2. The van der Waals surface area contributed by atoms with Crippen LogP contribution < -0.4 is 9.47 Å². The van der Waals surface area contributed by atoms with E-state index in [9.17, 15) is 13.6 Å². The van der Waals surface area contributed by atoms with Gasteiger partial charge in [-0.1, -0.05) is 18.2 Å². The number of benzene rings is 2. The van der Waals surface area contributed by atoms with E-state index in [1.807, 2.05) is 72.1 Å². The largest absolute Gasteiger partial charge is 0.496 e. The second kappa shape index (κ2) is 11.2. The minimum Gasteiger partial charge on any atom is -0.496 e. The highest BCUT2D eigenvalue weighted by Gasteiger charge is 2.47. The number of hydrogen-bond acceptors (Lipinski definition) is 6. The van der Waals surface area contributed by atoms with Crippen molar-refractivity contribution >= 4 is 22.2 Å². The van der Waals surface area contributed by atoms with Crippen molar-refractivity contribution in [1.29, 1.82) is 0 Å². The lowest BCUT2D eigenvalue weighted by molar-refractivity contribution is -0.150. The van der Waals surface area contributed by atoms with Crippen LogP contribution in [0.2, 0.25) is 0 Å². The number of likely N-dealkylation sites (tertiary alicyclic amines) is 1. The Morgan fingerprint density at radius 2 is 1.78 bits per heavy atom. The van der Waals surface area contributed by atoms with Crippen LogP contribution in [0.25, 0.3) is 27.7 Å². The maximum Gasteiger partial charge on any atom is 0.272 e. The lowest BCUT2D eigenvalue weighted by Crippen LogP contribution is -2.60. The number of rotatable bonds is 8. The SMILES string of the molecule is COc1cc(-c2nc(C3CCC(N4CC(F)(F)C4)CC3)n3ccnc(C)c23)ccc1CC(=O)c1cc2c(OC)cccc2n1C. The molecule has 0 spiro atoms. The molecule has 0 bridgehead atoms. The first-order valence-electron chi connectivity index (χ1n) is 15.5. The molecule has 45 heavy (non-hydrogen) atoms. The first-order valence-corrected chi connectivity index (χ1v) is 15.5. The van der Waals surface area contributed by atoms with E-state index in [4.69, 9.17) is 14.5 Å². The average Bonchev–Trinajstić information content (AvgIpc) is 3.59. The number of imidazole rings is 1. The van der Waals surface area contributed by atoms with Crippen molar-refractivity contribution in [1.82, 2.24) is 23.8 Å². The van der Waals surface area contributed by atoms with E-state index in [0.29, 0.717) is 11.4 Å². The molecule has 5 aromatic rings. The van der Waals surface area contributed by atoms with Crippen molar-refractivity contribution in [3.8, 4) is 22.8 Å². The van der Waals surface area contributed by atoms with E-state index >= 15 is 0 Å². The van der Waals surface area contributed by atoms with Gasteiger partial charge in [-0.25, -0.2) is 13.8 Å². The fourth-order valence-electron chi connectivity index (χ4n) is 7.29. The summed E-state index contributed by atoms with van der Waals surface area (Å²) in [6.45, 7) is 1.74. The highest BCUT2D eigenvalue weighted by atomic mass is 19.3. The number of carbonyl (C=O) groups is 1. The van der Waals surface area contributed by atoms with Crippen LogP contribution in [-0.2, 0) is 13.5 Å². The Morgan fingerprint density at radius 1 is 1.02 bits per heavy atom. The third-order valence-electron chi connectivity index (χ3n) is 9.68. The summed E-state index contributed by atoms with van der Waals surface area (Å²) in [6.07, 6.45) is 7.50. The molecule has 1 saturated carbocycles. The number of methoxy groups -OCH3 is 2. The summed E-state index contributed by atoms with van der Waals surface area (Å²) < 4.78 is 42.3. The van der Waals surface area contributed by atoms with Crippen LogP contribution in [0.4, 0.5) is 8.78 Å². The van der Waals surface area contributed by atoms with Gasteiger partial charge in [0.2, 0.25) is 0 Å². The topological polar surface area (TPSA) is 73.9 Å². The van der Waals surface area contributed by atoms with E-state index in [2.05, 4.69) is 9.38 Å². The molecular weight excluding hydrogens is 576 g/mol. The number of Topliss-reactive ketones (excluding diaryl/α,β-unsaturated/α-hetero) is 1. The molecule has 1 aliphatic heterocycles. The van der Waals surface area contributed by atoms with E-state index in [-0.39, 0.29) is 37.3 Å². The normalized spacial score (nSPS) is 20.0. The van der Waals surface area contributed by atoms with Crippen LogP contribution in [0, 0.1) is 6.92 Å². The second-order valence-corrected chi connectivity index (χ2v) is 12.4. The highest BCUT2D eigenvalue weighted by Crippen LogP contribution is 2.41. The van der Waals surface area contributed by atoms with E-state index in [0.717, 1.165) is 76.2 Å². The fourth-order valence-corrected chi connectivity index (χ4v) is 7.29. The molecule has 1 saturated heterocycles. The predicted molar refractivity (Wildman–Crippen MR) is 169 cm³/mol. The predicted octanol–water partition coefficient (Wildman–Crippen LogP) is 6.62. The summed E-state index contributed by atoms with van der Waals surface area (Å²) >= 11 is 0. The second-order valence-electron chi connectivity index (χ2n) is 12.4. The lowest BCUT2D eigenvalue weighted by atomic mass is 9.83. The number of halogens is 2. The first kappa shape index (κ1) is 29.4. The molecule has 0 radical (unpaired) electrons. The minimum absolute atomic E-state index is 0.0193. The van der Waals surface area contributed by atoms with Gasteiger partial charge in [0.05, 0.1) is 55.4 Å². The van der Waals surface area contributed by atoms with Gasteiger partial charge in [0.1, 0.15) is 17.3 Å². The maximum absolute atomic E-state index is 13.6. The zero-order valence-corrected chi connectivity index (χ0v) is 26.0. The number of fused-ring (bicyclic) bond motifs is 2. The lowest BCUT2D eigenvalue weighted by Gasteiger charge is -2.46. The average molecular weight is 614 g/mol. The van der Waals surface area contributed by atoms with Gasteiger partial charge >= 0.3 is 0 Å². The van der Waals surface area contributed by atoms with Crippen LogP contribution in [0.1, 0.15) is 59.2 Å². The van der Waals surface area contributed by atoms with Crippen molar-refractivity contribution in [2.24, 2.45) is 7.05 Å². The Bertz CT molecular complexity index is 1910. The zero-order chi connectivity index (χ0) is 31.5. The fraction of sp³-hybridized carbons (Fsp3) is 0.400. The smallest absolute Gasteiger partial charge is 0.272 e. The summed E-state index contributed by atoms with van der Waals surface area (Å²) in [5, 5.41) is 0.898. The molecule has 234 valence electrons. The van der Waals surface area contributed by atoms with Crippen molar-refractivity contribution in [3.05, 3.63) is 77.6 Å². The Hall–Kier alpha value is -4.31. The summed E-state index contributed by atoms with van der Waals surface area (Å²) in [5.41, 5.74) is 5.83. The molecule has 2 fully saturated rings.